The minimum absolute atomic E-state index is 0.0277. The number of methoxy groups -OCH3 is 1. The molecule has 3 aromatic rings. The molecule has 2 N–H and O–H groups in total. The summed E-state index contributed by atoms with van der Waals surface area (Å²) in [6, 6.07) is 25.1. The molecule has 4 rings (SSSR count). The molecule has 0 spiro atoms. The third kappa shape index (κ3) is 8.67. The van der Waals surface area contributed by atoms with Crippen LogP contribution in [0.25, 0.3) is 11.1 Å². The molecule has 0 heterocycles. The zero-order valence-electron chi connectivity index (χ0n) is 25.8. The average molecular weight is 603 g/mol. The summed E-state index contributed by atoms with van der Waals surface area (Å²) in [4.78, 5) is 37.8. The maximum absolute atomic E-state index is 12.9. The second kappa shape index (κ2) is 16.0. The van der Waals surface area contributed by atoms with E-state index in [0.29, 0.717) is 12.8 Å². The van der Waals surface area contributed by atoms with Crippen LogP contribution in [0.3, 0.4) is 0 Å². The molecule has 3 aromatic carbocycles. The number of alkyl carbamates (subject to hydrolysis) is 1. The van der Waals surface area contributed by atoms with Gasteiger partial charge < -0.3 is 29.6 Å². The summed E-state index contributed by atoms with van der Waals surface area (Å²) < 4.78 is 22.2. The van der Waals surface area contributed by atoms with Crippen molar-refractivity contribution in [2.24, 2.45) is 0 Å². The van der Waals surface area contributed by atoms with Gasteiger partial charge in [-0.2, -0.15) is 0 Å². The van der Waals surface area contributed by atoms with E-state index in [9.17, 15) is 14.4 Å². The van der Waals surface area contributed by atoms with Crippen LogP contribution in [0.5, 0.6) is 0 Å². The van der Waals surface area contributed by atoms with Crippen molar-refractivity contribution in [1.29, 1.82) is 0 Å². The number of amides is 2. The molecular weight excluding hydrogens is 560 g/mol. The third-order valence-electron chi connectivity index (χ3n) is 7.58. The fraction of sp³-hybridized carbons (Fsp3) is 0.400. The van der Waals surface area contributed by atoms with Crippen molar-refractivity contribution in [3.8, 4) is 11.1 Å². The van der Waals surface area contributed by atoms with Gasteiger partial charge in [-0.05, 0) is 48.1 Å². The minimum atomic E-state index is -0.787. The number of hydrogen-bond acceptors (Lipinski definition) is 7. The van der Waals surface area contributed by atoms with E-state index in [0.717, 1.165) is 16.7 Å². The lowest BCUT2D eigenvalue weighted by Gasteiger charge is -2.23. The number of hydrogen-bond donors (Lipinski definition) is 2. The van der Waals surface area contributed by atoms with Crippen LogP contribution in [0.2, 0.25) is 0 Å². The maximum Gasteiger partial charge on any atom is 0.407 e. The second-order valence-corrected chi connectivity index (χ2v) is 11.0. The van der Waals surface area contributed by atoms with Crippen molar-refractivity contribution in [1.82, 2.24) is 10.6 Å². The van der Waals surface area contributed by atoms with Gasteiger partial charge in [0, 0.05) is 18.4 Å². The normalized spacial score (nSPS) is 14.8. The van der Waals surface area contributed by atoms with Gasteiger partial charge in [0.15, 0.2) is 6.10 Å². The molecule has 2 amide bonds. The average Bonchev–Trinajstić information content (AvgIpc) is 3.36. The third-order valence-corrected chi connectivity index (χ3v) is 7.58. The summed E-state index contributed by atoms with van der Waals surface area (Å²) in [7, 11) is 1.32. The highest BCUT2D eigenvalue weighted by Crippen LogP contribution is 2.44. The molecule has 4 atom stereocenters. The summed E-state index contributed by atoms with van der Waals surface area (Å²) >= 11 is 0. The van der Waals surface area contributed by atoms with Gasteiger partial charge in [-0.1, -0.05) is 85.8 Å². The quantitative estimate of drug-likeness (QED) is 0.235. The number of ether oxygens (including phenoxy) is 4. The first kappa shape index (κ1) is 32.7. The highest BCUT2D eigenvalue weighted by molar-refractivity contribution is 5.81. The first-order valence-corrected chi connectivity index (χ1v) is 15.1. The summed E-state index contributed by atoms with van der Waals surface area (Å²) in [5.41, 5.74) is 5.57. The lowest BCUT2D eigenvalue weighted by Crippen LogP contribution is -2.45. The SMILES string of the molecule is CC[C@H](OC[C@H](C)NC(=O)OCC1c2ccccc2-c2ccccc21)C(=O)N[C@@H](C)CO[C@@H](Cc1ccccc1)C(=O)OC. The number of rotatable bonds is 15. The Morgan fingerprint density at radius 2 is 1.30 bits per heavy atom. The van der Waals surface area contributed by atoms with E-state index in [1.54, 1.807) is 13.8 Å². The van der Waals surface area contributed by atoms with Gasteiger partial charge in [-0.3, -0.25) is 4.79 Å². The van der Waals surface area contributed by atoms with E-state index in [4.69, 9.17) is 18.9 Å². The maximum atomic E-state index is 12.9. The number of nitrogens with one attached hydrogen (secondary N) is 2. The molecule has 0 aromatic heterocycles. The Labute approximate surface area is 259 Å². The van der Waals surface area contributed by atoms with Gasteiger partial charge >= 0.3 is 12.1 Å². The summed E-state index contributed by atoms with van der Waals surface area (Å²) in [6.07, 6.45) is -1.24. The van der Waals surface area contributed by atoms with Gasteiger partial charge in [0.05, 0.1) is 26.4 Å². The molecule has 0 fully saturated rings. The van der Waals surface area contributed by atoms with Crippen molar-refractivity contribution in [3.63, 3.8) is 0 Å². The van der Waals surface area contributed by atoms with Crippen LogP contribution in [-0.2, 0) is 35.0 Å². The highest BCUT2D eigenvalue weighted by atomic mass is 16.6. The zero-order valence-corrected chi connectivity index (χ0v) is 25.8. The summed E-state index contributed by atoms with van der Waals surface area (Å²) in [5, 5.41) is 5.68. The predicted molar refractivity (Wildman–Crippen MR) is 167 cm³/mol. The standard InChI is InChI=1S/C35H42N2O7/c1-5-31(33(38)36-23(2)20-43-32(34(39)41-4)19-25-13-7-6-8-14-25)42-21-24(3)37-35(40)44-22-30-28-17-11-9-15-26(28)27-16-10-12-18-29(27)30/h6-18,23-24,30-32H,5,19-22H2,1-4H3,(H,36,38)(H,37,40)/t23-,24-,31-,32-/m0/s1. The van der Waals surface area contributed by atoms with Crippen LogP contribution in [-0.4, -0.2) is 69.2 Å². The molecule has 0 bridgehead atoms. The van der Waals surface area contributed by atoms with Gasteiger partial charge in [0.25, 0.3) is 0 Å². The Bertz CT molecular complexity index is 1350. The van der Waals surface area contributed by atoms with E-state index < -0.39 is 24.3 Å². The molecule has 0 saturated heterocycles. The monoisotopic (exact) mass is 602 g/mol. The van der Waals surface area contributed by atoms with Crippen molar-refractivity contribution in [3.05, 3.63) is 95.6 Å². The molecule has 0 aliphatic heterocycles. The van der Waals surface area contributed by atoms with E-state index >= 15 is 0 Å². The number of benzene rings is 3. The Hall–Kier alpha value is -4.21. The number of fused-ring (bicyclic) bond motifs is 3. The molecule has 1 aliphatic rings. The molecule has 0 unspecified atom stereocenters. The van der Waals surface area contributed by atoms with Crippen LogP contribution in [0.15, 0.2) is 78.9 Å². The molecule has 1 aliphatic carbocycles. The van der Waals surface area contributed by atoms with Crippen LogP contribution >= 0.6 is 0 Å². The van der Waals surface area contributed by atoms with Crippen LogP contribution < -0.4 is 10.6 Å². The number of carbonyl (C=O) groups is 3. The number of esters is 1. The first-order valence-electron chi connectivity index (χ1n) is 15.1. The topological polar surface area (TPSA) is 112 Å². The van der Waals surface area contributed by atoms with Gasteiger partial charge in [-0.25, -0.2) is 9.59 Å². The van der Waals surface area contributed by atoms with E-state index in [2.05, 4.69) is 34.9 Å². The zero-order chi connectivity index (χ0) is 31.5. The second-order valence-electron chi connectivity index (χ2n) is 11.0. The lowest BCUT2D eigenvalue weighted by atomic mass is 9.98. The number of carbonyl (C=O) groups excluding carboxylic acids is 3. The molecule has 234 valence electrons. The van der Waals surface area contributed by atoms with Gasteiger partial charge in [-0.15, -0.1) is 0 Å². The highest BCUT2D eigenvalue weighted by Gasteiger charge is 2.29. The predicted octanol–water partition coefficient (Wildman–Crippen LogP) is 5.01. The molecule has 0 radical (unpaired) electrons. The fourth-order valence-corrected chi connectivity index (χ4v) is 5.33. The Morgan fingerprint density at radius 1 is 0.750 bits per heavy atom. The summed E-state index contributed by atoms with van der Waals surface area (Å²) in [6.45, 7) is 5.90. The lowest BCUT2D eigenvalue weighted by molar-refractivity contribution is -0.154. The van der Waals surface area contributed by atoms with Gasteiger partial charge in [0.1, 0.15) is 12.7 Å². The van der Waals surface area contributed by atoms with Crippen molar-refractivity contribution in [2.45, 2.75) is 63.8 Å². The van der Waals surface area contributed by atoms with E-state index in [-0.39, 0.29) is 43.7 Å². The van der Waals surface area contributed by atoms with E-state index in [1.807, 2.05) is 61.5 Å². The largest absolute Gasteiger partial charge is 0.467 e. The molecule has 9 nitrogen and oxygen atoms in total. The van der Waals surface area contributed by atoms with Crippen LogP contribution in [0.1, 0.15) is 49.8 Å². The first-order chi connectivity index (χ1) is 21.3. The molecule has 44 heavy (non-hydrogen) atoms. The van der Waals surface area contributed by atoms with Crippen molar-refractivity contribution in [2.75, 3.05) is 26.9 Å². The summed E-state index contributed by atoms with van der Waals surface area (Å²) in [5.74, 6) is -0.797. The Kier molecular flexibility index (Phi) is 11.9. The van der Waals surface area contributed by atoms with Gasteiger partial charge in [0.2, 0.25) is 5.91 Å². The smallest absolute Gasteiger partial charge is 0.407 e. The van der Waals surface area contributed by atoms with E-state index in [1.165, 1.54) is 18.2 Å². The van der Waals surface area contributed by atoms with Crippen LogP contribution in [0.4, 0.5) is 4.79 Å². The fourth-order valence-electron chi connectivity index (χ4n) is 5.33. The van der Waals surface area contributed by atoms with Crippen LogP contribution in [0, 0.1) is 0 Å². The minimum Gasteiger partial charge on any atom is -0.467 e. The Morgan fingerprint density at radius 3 is 1.89 bits per heavy atom. The van der Waals surface area contributed by atoms with Crippen molar-refractivity contribution >= 4 is 18.0 Å². The van der Waals surface area contributed by atoms with Crippen molar-refractivity contribution < 1.29 is 33.3 Å². The molecule has 9 heteroatoms. The molecule has 0 saturated carbocycles. The molecular formula is C35H42N2O7. The Balaban J connectivity index is 1.19.